The molecule has 1 aliphatic rings. The topological polar surface area (TPSA) is 105 Å². The third-order valence-electron chi connectivity index (χ3n) is 3.73. The Bertz CT molecular complexity index is 734. The van der Waals surface area contributed by atoms with E-state index in [9.17, 15) is 9.59 Å². The maximum atomic E-state index is 12.4. The van der Waals surface area contributed by atoms with Gasteiger partial charge in [0.1, 0.15) is 0 Å². The van der Waals surface area contributed by atoms with Crippen LogP contribution in [-0.2, 0) is 4.79 Å². The fourth-order valence-electron chi connectivity index (χ4n) is 2.42. The molecule has 1 saturated carbocycles. The summed E-state index contributed by atoms with van der Waals surface area (Å²) in [5.41, 5.74) is 2.37. The van der Waals surface area contributed by atoms with E-state index < -0.39 is 5.97 Å². The number of carbonyl (C=O) groups is 2. The quantitative estimate of drug-likeness (QED) is 0.791. The third kappa shape index (κ3) is 2.93. The van der Waals surface area contributed by atoms with Crippen LogP contribution < -0.4 is 5.32 Å². The Morgan fingerprint density at radius 3 is 2.91 bits per heavy atom. The summed E-state index contributed by atoms with van der Waals surface area (Å²) in [4.78, 5) is 27.3. The number of pyridine rings is 1. The summed E-state index contributed by atoms with van der Waals surface area (Å²) < 4.78 is 5.20. The molecule has 0 aromatic carbocycles. The van der Waals surface area contributed by atoms with Gasteiger partial charge in [-0.1, -0.05) is 5.16 Å². The first-order valence-electron chi connectivity index (χ1n) is 7.33. The number of nitrogens with zero attached hydrogens (tertiary/aromatic N) is 2. The van der Waals surface area contributed by atoms with Crippen LogP contribution in [0.2, 0.25) is 0 Å². The van der Waals surface area contributed by atoms with Crippen molar-refractivity contribution in [3.8, 4) is 0 Å². The summed E-state index contributed by atoms with van der Waals surface area (Å²) in [6, 6.07) is 1.80. The molecule has 2 aromatic heterocycles. The molecule has 0 bridgehead atoms. The van der Waals surface area contributed by atoms with Crippen LogP contribution in [0.5, 0.6) is 0 Å². The number of rotatable bonds is 6. The molecule has 7 nitrogen and oxygen atoms in total. The van der Waals surface area contributed by atoms with E-state index >= 15 is 0 Å². The monoisotopic (exact) mass is 303 g/mol. The largest absolute Gasteiger partial charge is 0.481 e. The first-order valence-corrected chi connectivity index (χ1v) is 7.33. The minimum absolute atomic E-state index is 0.0334. The highest BCUT2D eigenvalue weighted by Gasteiger charge is 2.28. The Kier molecular flexibility index (Phi) is 3.79. The molecule has 0 atom stereocenters. The standard InChI is InChI=1S/C15H17N3O4/c1-8-13-10(14(21)16-6-2-3-12(19)20)7-11(9-4-5-9)17-15(13)22-18-8/h7,9H,2-6H2,1H3,(H,16,21)(H,19,20). The molecule has 0 radical (unpaired) electrons. The zero-order chi connectivity index (χ0) is 15.7. The predicted octanol–water partition coefficient (Wildman–Crippen LogP) is 2.00. The summed E-state index contributed by atoms with van der Waals surface area (Å²) in [5.74, 6) is -0.717. The van der Waals surface area contributed by atoms with Gasteiger partial charge in [-0.05, 0) is 32.3 Å². The van der Waals surface area contributed by atoms with Gasteiger partial charge >= 0.3 is 5.97 Å². The fourth-order valence-corrected chi connectivity index (χ4v) is 2.42. The van der Waals surface area contributed by atoms with Crippen LogP contribution in [0.4, 0.5) is 0 Å². The van der Waals surface area contributed by atoms with Crippen LogP contribution in [0.15, 0.2) is 10.6 Å². The number of nitrogens with one attached hydrogen (secondary N) is 1. The van der Waals surface area contributed by atoms with Crippen molar-refractivity contribution in [2.45, 2.75) is 38.5 Å². The van der Waals surface area contributed by atoms with E-state index in [0.717, 1.165) is 18.5 Å². The molecule has 7 heteroatoms. The maximum Gasteiger partial charge on any atom is 0.303 e. The molecule has 1 aliphatic carbocycles. The van der Waals surface area contributed by atoms with Gasteiger partial charge in [-0.3, -0.25) is 9.59 Å². The second kappa shape index (κ2) is 5.75. The second-order valence-electron chi connectivity index (χ2n) is 5.57. The van der Waals surface area contributed by atoms with Gasteiger partial charge in [-0.25, -0.2) is 4.98 Å². The highest BCUT2D eigenvalue weighted by molar-refractivity contribution is 6.06. The van der Waals surface area contributed by atoms with Crippen molar-refractivity contribution < 1.29 is 19.2 Å². The summed E-state index contributed by atoms with van der Waals surface area (Å²) in [7, 11) is 0. The van der Waals surface area contributed by atoms with Crippen LogP contribution in [0, 0.1) is 6.92 Å². The normalized spacial score (nSPS) is 14.2. The van der Waals surface area contributed by atoms with E-state index in [1.165, 1.54) is 0 Å². The van der Waals surface area contributed by atoms with Gasteiger partial charge in [0.15, 0.2) is 0 Å². The number of carboxylic acid groups (broad SMARTS) is 1. The molecule has 116 valence electrons. The Hall–Kier alpha value is -2.44. The molecule has 22 heavy (non-hydrogen) atoms. The molecular weight excluding hydrogens is 286 g/mol. The molecule has 1 fully saturated rings. The third-order valence-corrected chi connectivity index (χ3v) is 3.73. The van der Waals surface area contributed by atoms with E-state index in [0.29, 0.717) is 41.2 Å². The number of fused-ring (bicyclic) bond motifs is 1. The van der Waals surface area contributed by atoms with Crippen LogP contribution >= 0.6 is 0 Å². The van der Waals surface area contributed by atoms with Gasteiger partial charge in [-0.2, -0.15) is 0 Å². The van der Waals surface area contributed by atoms with E-state index in [1.807, 2.05) is 0 Å². The minimum atomic E-state index is -0.869. The van der Waals surface area contributed by atoms with E-state index in [4.69, 9.17) is 9.63 Å². The van der Waals surface area contributed by atoms with Crippen molar-refractivity contribution >= 4 is 23.0 Å². The van der Waals surface area contributed by atoms with E-state index in [1.54, 1.807) is 13.0 Å². The van der Waals surface area contributed by atoms with Crippen LogP contribution in [0.3, 0.4) is 0 Å². The first kappa shape index (κ1) is 14.5. The Balaban J connectivity index is 1.82. The Morgan fingerprint density at radius 1 is 1.45 bits per heavy atom. The lowest BCUT2D eigenvalue weighted by Gasteiger charge is -2.07. The highest BCUT2D eigenvalue weighted by atomic mass is 16.5. The second-order valence-corrected chi connectivity index (χ2v) is 5.57. The van der Waals surface area contributed by atoms with Gasteiger partial charge < -0.3 is 14.9 Å². The van der Waals surface area contributed by atoms with Crippen molar-refractivity contribution in [2.75, 3.05) is 6.54 Å². The fraction of sp³-hybridized carbons (Fsp3) is 0.467. The van der Waals surface area contributed by atoms with Gasteiger partial charge in [0.05, 0.1) is 16.6 Å². The lowest BCUT2D eigenvalue weighted by atomic mass is 10.1. The van der Waals surface area contributed by atoms with Gasteiger partial charge in [-0.15, -0.1) is 0 Å². The lowest BCUT2D eigenvalue weighted by molar-refractivity contribution is -0.137. The van der Waals surface area contributed by atoms with Crippen LogP contribution in [-0.4, -0.2) is 33.7 Å². The van der Waals surface area contributed by atoms with Crippen molar-refractivity contribution in [3.05, 3.63) is 23.0 Å². The van der Waals surface area contributed by atoms with Gasteiger partial charge in [0, 0.05) is 24.6 Å². The average Bonchev–Trinajstić information content (AvgIpc) is 3.27. The Labute approximate surface area is 126 Å². The minimum Gasteiger partial charge on any atom is -0.481 e. The summed E-state index contributed by atoms with van der Waals surface area (Å²) in [5, 5.41) is 15.9. The Morgan fingerprint density at radius 2 is 2.23 bits per heavy atom. The molecule has 1 amide bonds. The zero-order valence-corrected chi connectivity index (χ0v) is 12.3. The molecule has 0 spiro atoms. The number of carbonyl (C=O) groups excluding carboxylic acids is 1. The zero-order valence-electron chi connectivity index (χ0n) is 12.3. The number of amides is 1. The van der Waals surface area contributed by atoms with Crippen molar-refractivity contribution in [1.82, 2.24) is 15.5 Å². The van der Waals surface area contributed by atoms with Crippen molar-refractivity contribution in [3.63, 3.8) is 0 Å². The van der Waals surface area contributed by atoms with Gasteiger partial charge in [0.25, 0.3) is 11.6 Å². The lowest BCUT2D eigenvalue weighted by Crippen LogP contribution is -2.25. The number of hydrogen-bond acceptors (Lipinski definition) is 5. The number of hydrogen-bond donors (Lipinski definition) is 2. The molecular formula is C15H17N3O4. The van der Waals surface area contributed by atoms with Gasteiger partial charge in [0.2, 0.25) is 0 Å². The highest BCUT2D eigenvalue weighted by Crippen LogP contribution is 2.40. The van der Waals surface area contributed by atoms with Crippen LogP contribution in [0.1, 0.15) is 53.3 Å². The summed E-state index contributed by atoms with van der Waals surface area (Å²) >= 11 is 0. The summed E-state index contributed by atoms with van der Waals surface area (Å²) in [6.07, 6.45) is 2.58. The molecule has 2 N–H and O–H groups in total. The molecule has 0 saturated heterocycles. The average molecular weight is 303 g/mol. The smallest absolute Gasteiger partial charge is 0.303 e. The molecule has 0 unspecified atom stereocenters. The number of carboxylic acids is 1. The first-order chi connectivity index (χ1) is 10.6. The van der Waals surface area contributed by atoms with E-state index in [-0.39, 0.29) is 12.3 Å². The SMILES string of the molecule is Cc1noc2nc(C3CC3)cc(C(=O)NCCCC(=O)O)c12. The molecule has 3 rings (SSSR count). The molecule has 2 heterocycles. The van der Waals surface area contributed by atoms with Crippen molar-refractivity contribution in [2.24, 2.45) is 0 Å². The maximum absolute atomic E-state index is 12.4. The number of aromatic nitrogens is 2. The number of aryl methyl sites for hydroxylation is 1. The summed E-state index contributed by atoms with van der Waals surface area (Å²) in [6.45, 7) is 2.09. The molecule has 0 aliphatic heterocycles. The van der Waals surface area contributed by atoms with E-state index in [2.05, 4.69) is 15.5 Å². The number of aliphatic carboxylic acids is 1. The van der Waals surface area contributed by atoms with Crippen molar-refractivity contribution in [1.29, 1.82) is 0 Å². The predicted molar refractivity (Wildman–Crippen MR) is 77.7 cm³/mol. The van der Waals surface area contributed by atoms with Crippen LogP contribution in [0.25, 0.3) is 11.1 Å². The molecule has 2 aromatic rings.